The van der Waals surface area contributed by atoms with Crippen LogP contribution in [-0.2, 0) is 10.2 Å². The molecule has 1 amide bonds. The molecule has 3 aromatic rings. The number of nitrogens with one attached hydrogen (secondary N) is 1. The van der Waals surface area contributed by atoms with Gasteiger partial charge in [-0.1, -0.05) is 53.3 Å². The number of nitrogens with zero attached hydrogens (tertiary/aromatic N) is 1. The summed E-state index contributed by atoms with van der Waals surface area (Å²) < 4.78 is 1.13. The molecule has 4 heteroatoms. The van der Waals surface area contributed by atoms with Crippen molar-refractivity contribution in [3.05, 3.63) is 59.7 Å². The number of carbonyl (C=O) groups is 1. The molecule has 0 saturated heterocycles. The summed E-state index contributed by atoms with van der Waals surface area (Å²) in [7, 11) is 0. The molecule has 7 rings (SSSR count). The Kier molecular flexibility index (Phi) is 4.11. The molecule has 2 atom stereocenters. The van der Waals surface area contributed by atoms with Gasteiger partial charge in [0.2, 0.25) is 5.91 Å². The summed E-state index contributed by atoms with van der Waals surface area (Å²) >= 11 is 1.57. The van der Waals surface area contributed by atoms with Crippen molar-refractivity contribution in [2.45, 2.75) is 57.3 Å². The summed E-state index contributed by atoms with van der Waals surface area (Å²) in [6, 6.07) is 17.3. The third kappa shape index (κ3) is 3.08. The number of para-hydroxylation sites is 1. The molecule has 2 aromatic carbocycles. The topological polar surface area (TPSA) is 42.0 Å². The minimum absolute atomic E-state index is 0.148. The fourth-order valence-corrected chi connectivity index (χ4v) is 8.22. The Bertz CT molecular complexity index is 1070. The predicted molar refractivity (Wildman–Crippen MR) is 123 cm³/mol. The van der Waals surface area contributed by atoms with E-state index >= 15 is 0 Å². The average Bonchev–Trinajstić information content (AvgIpc) is 3.08. The van der Waals surface area contributed by atoms with E-state index in [2.05, 4.69) is 47.6 Å². The third-order valence-corrected chi connectivity index (χ3v) is 8.87. The Morgan fingerprint density at radius 3 is 2.53 bits per heavy atom. The van der Waals surface area contributed by atoms with E-state index in [1.807, 2.05) is 18.2 Å². The van der Waals surface area contributed by atoms with Crippen LogP contribution in [0, 0.1) is 24.2 Å². The Morgan fingerprint density at radius 1 is 1.07 bits per heavy atom. The molecule has 154 valence electrons. The lowest BCUT2D eigenvalue weighted by Crippen LogP contribution is -2.54. The van der Waals surface area contributed by atoms with E-state index in [4.69, 9.17) is 0 Å². The molecule has 0 radical (unpaired) electrons. The fourth-order valence-electron chi connectivity index (χ4n) is 7.33. The predicted octanol–water partition coefficient (Wildman–Crippen LogP) is 6.47. The van der Waals surface area contributed by atoms with Gasteiger partial charge < -0.3 is 5.32 Å². The molecule has 30 heavy (non-hydrogen) atoms. The van der Waals surface area contributed by atoms with Crippen LogP contribution in [0.15, 0.2) is 48.5 Å². The molecule has 4 saturated carbocycles. The highest BCUT2D eigenvalue weighted by molar-refractivity contribution is 7.22. The van der Waals surface area contributed by atoms with Crippen molar-refractivity contribution in [1.29, 1.82) is 0 Å². The summed E-state index contributed by atoms with van der Waals surface area (Å²) in [4.78, 5) is 17.7. The summed E-state index contributed by atoms with van der Waals surface area (Å²) in [6.07, 6.45) is 8.26. The van der Waals surface area contributed by atoms with Crippen LogP contribution in [0.3, 0.4) is 0 Å². The van der Waals surface area contributed by atoms with Gasteiger partial charge in [0.25, 0.3) is 0 Å². The highest BCUT2D eigenvalue weighted by Crippen LogP contribution is 2.66. The second-order valence-electron chi connectivity index (χ2n) is 10.3. The van der Waals surface area contributed by atoms with E-state index in [9.17, 15) is 4.79 Å². The van der Waals surface area contributed by atoms with Crippen molar-refractivity contribution >= 4 is 32.6 Å². The number of carbonyl (C=O) groups excluding carboxylic acids is 1. The monoisotopic (exact) mass is 416 g/mol. The van der Waals surface area contributed by atoms with Gasteiger partial charge in [0.05, 0.1) is 10.2 Å². The number of fused-ring (bicyclic) bond motifs is 1. The number of benzene rings is 2. The first kappa shape index (κ1) is 18.6. The van der Waals surface area contributed by atoms with Gasteiger partial charge in [-0.05, 0) is 85.8 Å². The molecule has 4 bridgehead atoms. The molecule has 1 aromatic heterocycles. The maximum Gasteiger partial charge on any atom is 0.226 e. The van der Waals surface area contributed by atoms with Gasteiger partial charge in [-0.25, -0.2) is 4.98 Å². The van der Waals surface area contributed by atoms with Crippen molar-refractivity contribution in [3.63, 3.8) is 0 Å². The molecule has 0 aliphatic heterocycles. The second kappa shape index (κ2) is 6.65. The van der Waals surface area contributed by atoms with Crippen molar-refractivity contribution < 1.29 is 4.79 Å². The van der Waals surface area contributed by atoms with Crippen LogP contribution >= 0.6 is 11.3 Å². The first-order valence-corrected chi connectivity index (χ1v) is 12.1. The normalized spacial score (nSPS) is 31.9. The first-order chi connectivity index (χ1) is 14.5. The Morgan fingerprint density at radius 2 is 1.80 bits per heavy atom. The average molecular weight is 417 g/mol. The summed E-state index contributed by atoms with van der Waals surface area (Å²) in [6.45, 7) is 2.16. The van der Waals surface area contributed by atoms with E-state index in [0.717, 1.165) is 27.2 Å². The van der Waals surface area contributed by atoms with E-state index in [-0.39, 0.29) is 16.7 Å². The molecule has 3 nitrogen and oxygen atoms in total. The van der Waals surface area contributed by atoms with Crippen LogP contribution in [-0.4, -0.2) is 10.9 Å². The van der Waals surface area contributed by atoms with Crippen molar-refractivity contribution in [2.24, 2.45) is 17.3 Å². The van der Waals surface area contributed by atoms with Gasteiger partial charge in [0.15, 0.2) is 5.13 Å². The highest BCUT2D eigenvalue weighted by atomic mass is 32.1. The number of hydrogen-bond acceptors (Lipinski definition) is 3. The number of aryl methyl sites for hydroxylation is 1. The standard InChI is InChI=1S/C26H28N2OS/c1-17-6-8-20(9-7-17)26-13-18-10-19(14-26)12-25(11-18,16-26)15-23(29)28-24-27-21-4-2-3-5-22(21)30-24/h2-9,18-19H,10-16H2,1H3,(H,27,28,29). The number of anilines is 1. The smallest absolute Gasteiger partial charge is 0.226 e. The van der Waals surface area contributed by atoms with Crippen LogP contribution in [0.4, 0.5) is 5.13 Å². The fraction of sp³-hybridized carbons (Fsp3) is 0.462. The molecule has 1 N–H and O–H groups in total. The Hall–Kier alpha value is -2.20. The van der Waals surface area contributed by atoms with Crippen LogP contribution in [0.25, 0.3) is 10.2 Å². The lowest BCUT2D eigenvalue weighted by atomic mass is 9.42. The minimum atomic E-state index is 0.148. The van der Waals surface area contributed by atoms with E-state index in [1.54, 1.807) is 11.3 Å². The molecule has 2 unspecified atom stereocenters. The molecular formula is C26H28N2OS. The highest BCUT2D eigenvalue weighted by Gasteiger charge is 2.58. The van der Waals surface area contributed by atoms with Crippen molar-refractivity contribution in [1.82, 2.24) is 4.98 Å². The van der Waals surface area contributed by atoms with Gasteiger partial charge in [-0.2, -0.15) is 0 Å². The van der Waals surface area contributed by atoms with Crippen LogP contribution < -0.4 is 5.32 Å². The molecule has 4 aliphatic rings. The lowest BCUT2D eigenvalue weighted by Gasteiger charge is -2.62. The number of aromatic nitrogens is 1. The first-order valence-electron chi connectivity index (χ1n) is 11.2. The summed E-state index contributed by atoms with van der Waals surface area (Å²) in [5.74, 6) is 1.71. The zero-order valence-electron chi connectivity index (χ0n) is 17.5. The van der Waals surface area contributed by atoms with Gasteiger partial charge in [-0.3, -0.25) is 4.79 Å². The maximum atomic E-state index is 13.1. The second-order valence-corrected chi connectivity index (χ2v) is 11.3. The SMILES string of the molecule is Cc1ccc(C23CC4CC(CC(CC(=O)Nc5nc6ccccc6s5)(C4)C2)C3)cc1. The van der Waals surface area contributed by atoms with E-state index in [0.29, 0.717) is 6.42 Å². The van der Waals surface area contributed by atoms with Gasteiger partial charge in [0.1, 0.15) is 0 Å². The number of amides is 1. The quantitative estimate of drug-likeness (QED) is 0.529. The molecule has 1 heterocycles. The maximum absolute atomic E-state index is 13.1. The Balaban J connectivity index is 1.25. The molecule has 0 spiro atoms. The Labute approximate surface area is 181 Å². The van der Waals surface area contributed by atoms with Gasteiger partial charge in [0, 0.05) is 6.42 Å². The summed E-state index contributed by atoms with van der Waals surface area (Å²) in [5.41, 5.74) is 4.25. The summed E-state index contributed by atoms with van der Waals surface area (Å²) in [5, 5.41) is 3.87. The zero-order chi connectivity index (χ0) is 20.3. The van der Waals surface area contributed by atoms with Crippen molar-refractivity contribution in [3.8, 4) is 0 Å². The zero-order valence-corrected chi connectivity index (χ0v) is 18.3. The van der Waals surface area contributed by atoms with Crippen molar-refractivity contribution in [2.75, 3.05) is 5.32 Å². The lowest BCUT2D eigenvalue weighted by molar-refractivity contribution is -0.126. The van der Waals surface area contributed by atoms with E-state index < -0.39 is 0 Å². The number of hydrogen-bond donors (Lipinski definition) is 1. The van der Waals surface area contributed by atoms with Gasteiger partial charge >= 0.3 is 0 Å². The molecule has 4 aliphatic carbocycles. The van der Waals surface area contributed by atoms with Crippen LogP contribution in [0.1, 0.15) is 56.1 Å². The molecular weight excluding hydrogens is 388 g/mol. The van der Waals surface area contributed by atoms with Gasteiger partial charge in [-0.15, -0.1) is 0 Å². The van der Waals surface area contributed by atoms with Crippen LogP contribution in [0.5, 0.6) is 0 Å². The number of thiazole rings is 1. The largest absolute Gasteiger partial charge is 0.302 e. The van der Waals surface area contributed by atoms with Crippen LogP contribution in [0.2, 0.25) is 0 Å². The molecule has 4 fully saturated rings. The minimum Gasteiger partial charge on any atom is -0.302 e. The third-order valence-electron chi connectivity index (χ3n) is 7.92. The van der Waals surface area contributed by atoms with E-state index in [1.165, 1.54) is 49.7 Å². The number of rotatable bonds is 4.